The molecule has 0 bridgehead atoms. The third kappa shape index (κ3) is 3.75. The Morgan fingerprint density at radius 3 is 2.59 bits per heavy atom. The molecule has 3 heterocycles. The van der Waals surface area contributed by atoms with E-state index in [0.717, 1.165) is 68.3 Å². The summed E-state index contributed by atoms with van der Waals surface area (Å²) >= 11 is 6.20. The summed E-state index contributed by atoms with van der Waals surface area (Å²) in [4.78, 5) is 22.5. The van der Waals surface area contributed by atoms with Gasteiger partial charge in [0.25, 0.3) is 0 Å². The van der Waals surface area contributed by atoms with E-state index in [1.54, 1.807) is 0 Å². The van der Waals surface area contributed by atoms with Crippen molar-refractivity contribution in [1.82, 2.24) is 4.98 Å². The molecule has 152 valence electrons. The summed E-state index contributed by atoms with van der Waals surface area (Å²) in [6, 6.07) is 8.25. The van der Waals surface area contributed by atoms with Crippen molar-refractivity contribution in [2.24, 2.45) is 5.92 Å². The Balaban J connectivity index is 1.28. The van der Waals surface area contributed by atoms with Gasteiger partial charge in [-0.3, -0.25) is 4.79 Å². The van der Waals surface area contributed by atoms with E-state index in [1.807, 2.05) is 23.1 Å². The number of nitrogens with zero attached hydrogens (tertiary/aromatic N) is 3. The molecule has 2 aromatic rings. The van der Waals surface area contributed by atoms with Gasteiger partial charge in [0.05, 0.1) is 0 Å². The average molecular weight is 410 g/mol. The quantitative estimate of drug-likeness (QED) is 0.714. The lowest BCUT2D eigenvalue weighted by Gasteiger charge is -2.35. The van der Waals surface area contributed by atoms with E-state index in [0.29, 0.717) is 0 Å². The summed E-state index contributed by atoms with van der Waals surface area (Å²) < 4.78 is 0. The van der Waals surface area contributed by atoms with Crippen molar-refractivity contribution < 1.29 is 4.79 Å². The lowest BCUT2D eigenvalue weighted by atomic mass is 9.94. The number of rotatable bonds is 2. The topological polar surface area (TPSA) is 36.4 Å². The molecule has 0 radical (unpaired) electrons. The van der Waals surface area contributed by atoms with Crippen LogP contribution in [0, 0.1) is 5.92 Å². The van der Waals surface area contributed by atoms with Crippen LogP contribution in [0.15, 0.2) is 30.5 Å². The Morgan fingerprint density at radius 2 is 1.72 bits per heavy atom. The molecule has 0 N–H and O–H groups in total. The number of carbonyl (C=O) groups is 1. The Morgan fingerprint density at radius 1 is 0.931 bits per heavy atom. The maximum atomic E-state index is 13.4. The third-order valence-electron chi connectivity index (χ3n) is 6.81. The molecule has 1 fully saturated rings. The average Bonchev–Trinajstić information content (AvgIpc) is 3.12. The highest BCUT2D eigenvalue weighted by atomic mass is 35.5. The van der Waals surface area contributed by atoms with Crippen molar-refractivity contribution in [3.05, 3.63) is 52.2 Å². The number of halogens is 1. The van der Waals surface area contributed by atoms with Crippen LogP contribution in [0.4, 0.5) is 11.5 Å². The first kappa shape index (κ1) is 18.9. The van der Waals surface area contributed by atoms with Crippen LogP contribution in [0.2, 0.25) is 5.02 Å². The van der Waals surface area contributed by atoms with Crippen LogP contribution in [0.1, 0.15) is 48.8 Å². The largest absolute Gasteiger partial charge is 0.357 e. The fourth-order valence-electron chi connectivity index (χ4n) is 5.14. The van der Waals surface area contributed by atoms with Crippen LogP contribution >= 0.6 is 11.6 Å². The Bertz CT molecular complexity index is 920. The summed E-state index contributed by atoms with van der Waals surface area (Å²) in [6.07, 6.45) is 10.6. The number of amides is 1. The number of fused-ring (bicyclic) bond motifs is 2. The number of aryl methyl sites for hydroxylation is 3. The van der Waals surface area contributed by atoms with E-state index in [9.17, 15) is 4.79 Å². The van der Waals surface area contributed by atoms with Crippen molar-refractivity contribution >= 4 is 29.0 Å². The molecule has 1 amide bonds. The van der Waals surface area contributed by atoms with Gasteiger partial charge in [-0.1, -0.05) is 11.6 Å². The number of hydrogen-bond acceptors (Lipinski definition) is 3. The minimum Gasteiger partial charge on any atom is -0.357 e. The van der Waals surface area contributed by atoms with Crippen LogP contribution in [-0.2, 0) is 24.1 Å². The number of anilines is 2. The Kier molecular flexibility index (Phi) is 5.21. The number of pyridine rings is 1. The highest BCUT2D eigenvalue weighted by Gasteiger charge is 2.31. The summed E-state index contributed by atoms with van der Waals surface area (Å²) in [6.45, 7) is 2.63. The standard InChI is InChI=1S/C24H28ClN3O/c25-21-7-8-22-19(14-21)4-1-2-11-28(22)24(29)17-9-12-27(13-10-17)23-15-18-5-3-6-20(18)16-26-23/h7-8,14-17H,1-6,9-13H2. The van der Waals surface area contributed by atoms with Crippen molar-refractivity contribution in [3.63, 3.8) is 0 Å². The van der Waals surface area contributed by atoms with E-state index in [4.69, 9.17) is 16.6 Å². The second kappa shape index (κ2) is 7.98. The molecule has 5 rings (SSSR count). The normalized spacial score (nSPS) is 19.6. The predicted octanol–water partition coefficient (Wildman–Crippen LogP) is 4.81. The maximum absolute atomic E-state index is 13.4. The van der Waals surface area contributed by atoms with Gasteiger partial charge >= 0.3 is 0 Å². The smallest absolute Gasteiger partial charge is 0.230 e. The van der Waals surface area contributed by atoms with Crippen molar-refractivity contribution in [1.29, 1.82) is 0 Å². The van der Waals surface area contributed by atoms with Gasteiger partial charge in [-0.25, -0.2) is 4.98 Å². The van der Waals surface area contributed by atoms with E-state index in [1.165, 1.54) is 36.0 Å². The zero-order valence-electron chi connectivity index (χ0n) is 16.9. The minimum atomic E-state index is 0.0994. The van der Waals surface area contributed by atoms with E-state index >= 15 is 0 Å². The van der Waals surface area contributed by atoms with Gasteiger partial charge in [0, 0.05) is 42.5 Å². The van der Waals surface area contributed by atoms with Crippen LogP contribution in [0.25, 0.3) is 0 Å². The number of hydrogen-bond donors (Lipinski definition) is 0. The van der Waals surface area contributed by atoms with E-state index < -0.39 is 0 Å². The van der Waals surface area contributed by atoms with Gasteiger partial charge in [0.15, 0.2) is 0 Å². The first-order valence-electron chi connectivity index (χ1n) is 11.0. The number of piperidine rings is 1. The Hall–Kier alpha value is -2.07. The van der Waals surface area contributed by atoms with Gasteiger partial charge in [-0.15, -0.1) is 0 Å². The summed E-state index contributed by atoms with van der Waals surface area (Å²) in [7, 11) is 0. The molecule has 2 aliphatic heterocycles. The zero-order valence-corrected chi connectivity index (χ0v) is 17.6. The highest BCUT2D eigenvalue weighted by Crippen LogP contribution is 2.33. The molecular formula is C24H28ClN3O. The number of benzene rings is 1. The molecule has 4 nitrogen and oxygen atoms in total. The van der Waals surface area contributed by atoms with E-state index in [-0.39, 0.29) is 11.8 Å². The molecule has 0 atom stereocenters. The molecule has 3 aliphatic rings. The first-order valence-corrected chi connectivity index (χ1v) is 11.4. The molecule has 1 saturated heterocycles. The van der Waals surface area contributed by atoms with Crippen LogP contribution in [0.3, 0.4) is 0 Å². The molecule has 29 heavy (non-hydrogen) atoms. The molecule has 0 unspecified atom stereocenters. The summed E-state index contributed by atoms with van der Waals surface area (Å²) in [5, 5.41) is 0.758. The summed E-state index contributed by atoms with van der Waals surface area (Å²) in [5.74, 6) is 1.48. The third-order valence-corrected chi connectivity index (χ3v) is 7.04. The molecule has 1 aliphatic carbocycles. The molecule has 5 heteroatoms. The van der Waals surface area contributed by atoms with Crippen molar-refractivity contribution in [3.8, 4) is 0 Å². The molecule has 1 aromatic carbocycles. The van der Waals surface area contributed by atoms with E-state index in [2.05, 4.69) is 17.2 Å². The monoisotopic (exact) mass is 409 g/mol. The number of carbonyl (C=O) groups excluding carboxylic acids is 1. The molecule has 0 saturated carbocycles. The zero-order chi connectivity index (χ0) is 19.8. The fourth-order valence-corrected chi connectivity index (χ4v) is 5.34. The van der Waals surface area contributed by atoms with Crippen molar-refractivity contribution in [2.75, 3.05) is 29.4 Å². The van der Waals surface area contributed by atoms with Crippen LogP contribution in [0.5, 0.6) is 0 Å². The van der Waals surface area contributed by atoms with Gasteiger partial charge in [-0.05, 0) is 92.3 Å². The van der Waals surface area contributed by atoms with Gasteiger partial charge < -0.3 is 9.80 Å². The lowest BCUT2D eigenvalue weighted by Crippen LogP contribution is -2.43. The predicted molar refractivity (Wildman–Crippen MR) is 118 cm³/mol. The van der Waals surface area contributed by atoms with Crippen molar-refractivity contribution in [2.45, 2.75) is 51.4 Å². The first-order chi connectivity index (χ1) is 14.2. The number of aromatic nitrogens is 1. The molecular weight excluding hydrogens is 382 g/mol. The SMILES string of the molecule is O=C(C1CCN(c2cc3c(cn2)CCC3)CC1)N1CCCCc2cc(Cl)ccc21. The van der Waals surface area contributed by atoms with Crippen LogP contribution in [-0.4, -0.2) is 30.5 Å². The minimum absolute atomic E-state index is 0.0994. The second-order valence-corrected chi connectivity index (χ2v) is 9.08. The Labute approximate surface area is 177 Å². The lowest BCUT2D eigenvalue weighted by molar-refractivity contribution is -0.123. The van der Waals surface area contributed by atoms with Gasteiger partial charge in [0.2, 0.25) is 5.91 Å². The fraction of sp³-hybridized carbons (Fsp3) is 0.500. The van der Waals surface area contributed by atoms with Crippen LogP contribution < -0.4 is 9.80 Å². The van der Waals surface area contributed by atoms with Gasteiger partial charge in [0.1, 0.15) is 5.82 Å². The molecule has 1 aromatic heterocycles. The van der Waals surface area contributed by atoms with Gasteiger partial charge in [-0.2, -0.15) is 0 Å². The maximum Gasteiger partial charge on any atom is 0.230 e. The summed E-state index contributed by atoms with van der Waals surface area (Å²) in [5.41, 5.74) is 5.16. The second-order valence-electron chi connectivity index (χ2n) is 8.65. The highest BCUT2D eigenvalue weighted by molar-refractivity contribution is 6.30. The molecule has 0 spiro atoms.